The number of nitrogens with zero attached hydrogens (tertiary/aromatic N) is 1. The second-order valence-corrected chi connectivity index (χ2v) is 4.58. The Morgan fingerprint density at radius 1 is 1.44 bits per heavy atom. The minimum Gasteiger partial charge on any atom is -0.319 e. The summed E-state index contributed by atoms with van der Waals surface area (Å²) in [6, 6.07) is 4.56. The van der Waals surface area contributed by atoms with Crippen LogP contribution in [0.5, 0.6) is 0 Å². The van der Waals surface area contributed by atoms with E-state index in [0.29, 0.717) is 10.6 Å². The van der Waals surface area contributed by atoms with Gasteiger partial charge in [0.1, 0.15) is 5.82 Å². The normalized spacial score (nSPS) is 10.9. The van der Waals surface area contributed by atoms with E-state index in [0.717, 1.165) is 29.9 Å². The summed E-state index contributed by atoms with van der Waals surface area (Å²) >= 11 is 5.93. The van der Waals surface area contributed by atoms with E-state index in [1.54, 1.807) is 12.1 Å². The summed E-state index contributed by atoms with van der Waals surface area (Å²) in [6.07, 6.45) is 0.738. The van der Waals surface area contributed by atoms with Crippen molar-refractivity contribution in [2.75, 3.05) is 13.6 Å². The van der Waals surface area contributed by atoms with Crippen LogP contribution in [-0.4, -0.2) is 23.8 Å². The van der Waals surface area contributed by atoms with Gasteiger partial charge in [-0.2, -0.15) is 5.10 Å². The van der Waals surface area contributed by atoms with Gasteiger partial charge < -0.3 is 5.32 Å². The topological polar surface area (TPSA) is 40.7 Å². The van der Waals surface area contributed by atoms with Gasteiger partial charge in [0, 0.05) is 34.8 Å². The first-order valence-electron chi connectivity index (χ1n) is 5.77. The second kappa shape index (κ2) is 5.50. The van der Waals surface area contributed by atoms with Gasteiger partial charge in [-0.3, -0.25) is 5.10 Å². The van der Waals surface area contributed by atoms with Gasteiger partial charge in [0.2, 0.25) is 0 Å². The summed E-state index contributed by atoms with van der Waals surface area (Å²) in [5.74, 6) is -0.283. The number of aromatic nitrogens is 2. The van der Waals surface area contributed by atoms with Gasteiger partial charge in [0.25, 0.3) is 0 Å². The highest BCUT2D eigenvalue weighted by atomic mass is 35.5. The molecule has 1 aromatic heterocycles. The second-order valence-electron chi connectivity index (χ2n) is 4.15. The van der Waals surface area contributed by atoms with Crippen molar-refractivity contribution in [3.8, 4) is 11.1 Å². The minimum absolute atomic E-state index is 0.283. The van der Waals surface area contributed by atoms with E-state index in [1.807, 2.05) is 14.0 Å². The number of benzene rings is 1. The zero-order valence-corrected chi connectivity index (χ0v) is 11.1. The third kappa shape index (κ3) is 2.54. The molecule has 18 heavy (non-hydrogen) atoms. The molecule has 0 saturated carbocycles. The predicted octanol–water partition coefficient (Wildman–Crippen LogP) is 2.94. The molecule has 0 aliphatic rings. The van der Waals surface area contributed by atoms with Crippen molar-refractivity contribution in [1.29, 1.82) is 0 Å². The Kier molecular flexibility index (Phi) is 3.99. The van der Waals surface area contributed by atoms with Crippen molar-refractivity contribution in [2.45, 2.75) is 13.3 Å². The highest BCUT2D eigenvalue weighted by Gasteiger charge is 2.16. The van der Waals surface area contributed by atoms with Crippen molar-refractivity contribution < 1.29 is 4.39 Å². The van der Waals surface area contributed by atoms with Crippen LogP contribution in [0.3, 0.4) is 0 Å². The monoisotopic (exact) mass is 267 g/mol. The number of rotatable bonds is 4. The van der Waals surface area contributed by atoms with Crippen LogP contribution in [-0.2, 0) is 6.42 Å². The largest absolute Gasteiger partial charge is 0.319 e. The molecule has 0 bridgehead atoms. The minimum atomic E-state index is -0.283. The van der Waals surface area contributed by atoms with Crippen LogP contribution >= 0.6 is 11.6 Å². The molecule has 0 aliphatic heterocycles. The number of likely N-dealkylation sites (N-methyl/N-ethyl adjacent to an activating group) is 1. The van der Waals surface area contributed by atoms with Crippen molar-refractivity contribution >= 4 is 11.6 Å². The summed E-state index contributed by atoms with van der Waals surface area (Å²) in [6.45, 7) is 2.67. The Balaban J connectivity index is 2.48. The molecule has 0 atom stereocenters. The molecule has 0 radical (unpaired) electrons. The van der Waals surface area contributed by atoms with Gasteiger partial charge in [0.15, 0.2) is 0 Å². The average Bonchev–Trinajstić information content (AvgIpc) is 2.71. The molecule has 2 N–H and O–H groups in total. The van der Waals surface area contributed by atoms with E-state index in [4.69, 9.17) is 11.6 Å². The number of aromatic amines is 1. The molecule has 0 amide bonds. The summed E-state index contributed by atoms with van der Waals surface area (Å²) in [4.78, 5) is 0. The third-order valence-electron chi connectivity index (χ3n) is 2.83. The van der Waals surface area contributed by atoms with E-state index in [9.17, 15) is 4.39 Å². The number of hydrogen-bond donors (Lipinski definition) is 2. The molecule has 0 fully saturated rings. The fourth-order valence-corrected chi connectivity index (χ4v) is 2.12. The molecule has 1 aromatic carbocycles. The van der Waals surface area contributed by atoms with Crippen molar-refractivity contribution in [3.63, 3.8) is 0 Å². The van der Waals surface area contributed by atoms with Crippen molar-refractivity contribution in [2.24, 2.45) is 0 Å². The van der Waals surface area contributed by atoms with Gasteiger partial charge in [-0.25, -0.2) is 4.39 Å². The Morgan fingerprint density at radius 3 is 2.94 bits per heavy atom. The van der Waals surface area contributed by atoms with Gasteiger partial charge in [-0.1, -0.05) is 11.6 Å². The van der Waals surface area contributed by atoms with Gasteiger partial charge in [0.05, 0.1) is 5.69 Å². The highest BCUT2D eigenvalue weighted by molar-refractivity contribution is 6.30. The van der Waals surface area contributed by atoms with Gasteiger partial charge in [-0.15, -0.1) is 0 Å². The standard InChI is InChI=1S/C13H15ClFN3/c1-8-13(12(18-17-8)5-6-16-2)10-7-9(14)3-4-11(10)15/h3-4,7,16H,5-6H2,1-2H3,(H,17,18). The number of hydrogen-bond acceptors (Lipinski definition) is 2. The molecule has 0 spiro atoms. The lowest BCUT2D eigenvalue weighted by Crippen LogP contribution is -2.11. The summed E-state index contributed by atoms with van der Waals surface area (Å²) in [5, 5.41) is 10.7. The molecule has 0 unspecified atom stereocenters. The maximum atomic E-state index is 13.9. The predicted molar refractivity (Wildman–Crippen MR) is 71.4 cm³/mol. The van der Waals surface area contributed by atoms with Crippen LogP contribution in [0.4, 0.5) is 4.39 Å². The molecular weight excluding hydrogens is 253 g/mol. The first-order chi connectivity index (χ1) is 8.63. The van der Waals surface area contributed by atoms with E-state index in [1.165, 1.54) is 6.07 Å². The van der Waals surface area contributed by atoms with Crippen LogP contribution in [0.15, 0.2) is 18.2 Å². The molecule has 0 saturated heterocycles. The lowest BCUT2D eigenvalue weighted by molar-refractivity contribution is 0.631. The Labute approximate surface area is 110 Å². The zero-order valence-electron chi connectivity index (χ0n) is 10.3. The maximum absolute atomic E-state index is 13.9. The number of H-pyrrole nitrogens is 1. The van der Waals surface area contributed by atoms with Crippen LogP contribution in [0.2, 0.25) is 5.02 Å². The van der Waals surface area contributed by atoms with Crippen LogP contribution in [0, 0.1) is 12.7 Å². The molecule has 3 nitrogen and oxygen atoms in total. The average molecular weight is 268 g/mol. The number of nitrogens with one attached hydrogen (secondary N) is 2. The Hall–Kier alpha value is -1.39. The maximum Gasteiger partial charge on any atom is 0.131 e. The molecule has 2 rings (SSSR count). The zero-order chi connectivity index (χ0) is 13.1. The lowest BCUT2D eigenvalue weighted by Gasteiger charge is -2.06. The first kappa shape index (κ1) is 13.1. The Morgan fingerprint density at radius 2 is 2.22 bits per heavy atom. The van der Waals surface area contributed by atoms with E-state index in [-0.39, 0.29) is 5.82 Å². The van der Waals surface area contributed by atoms with Gasteiger partial charge in [-0.05, 0) is 32.2 Å². The van der Waals surface area contributed by atoms with Crippen LogP contribution in [0.1, 0.15) is 11.4 Å². The summed E-state index contributed by atoms with van der Waals surface area (Å²) in [5.41, 5.74) is 3.01. The van der Waals surface area contributed by atoms with E-state index < -0.39 is 0 Å². The number of aryl methyl sites for hydroxylation is 1. The summed E-state index contributed by atoms with van der Waals surface area (Å²) in [7, 11) is 1.87. The fourth-order valence-electron chi connectivity index (χ4n) is 1.95. The third-order valence-corrected chi connectivity index (χ3v) is 3.07. The van der Waals surface area contributed by atoms with Crippen molar-refractivity contribution in [1.82, 2.24) is 15.5 Å². The molecule has 5 heteroatoms. The lowest BCUT2D eigenvalue weighted by atomic mass is 10.0. The molecule has 2 aromatic rings. The molecule has 0 aliphatic carbocycles. The van der Waals surface area contributed by atoms with Crippen LogP contribution < -0.4 is 5.32 Å². The van der Waals surface area contributed by atoms with Crippen molar-refractivity contribution in [3.05, 3.63) is 40.4 Å². The van der Waals surface area contributed by atoms with E-state index in [2.05, 4.69) is 15.5 Å². The highest BCUT2D eigenvalue weighted by Crippen LogP contribution is 2.30. The Bertz CT molecular complexity index is 551. The molecule has 1 heterocycles. The molecule has 96 valence electrons. The van der Waals surface area contributed by atoms with Crippen LogP contribution in [0.25, 0.3) is 11.1 Å². The quantitative estimate of drug-likeness (QED) is 0.894. The van der Waals surface area contributed by atoms with Gasteiger partial charge >= 0.3 is 0 Å². The summed E-state index contributed by atoms with van der Waals surface area (Å²) < 4.78 is 13.9. The molecular formula is C13H15ClFN3. The smallest absolute Gasteiger partial charge is 0.131 e. The SMILES string of the molecule is CNCCc1n[nH]c(C)c1-c1cc(Cl)ccc1F. The first-order valence-corrected chi connectivity index (χ1v) is 6.15. The van der Waals surface area contributed by atoms with E-state index >= 15 is 0 Å². The fraction of sp³-hybridized carbons (Fsp3) is 0.308. The number of halogens is 2.